The Morgan fingerprint density at radius 2 is 1.87 bits per heavy atom. The van der Waals surface area contributed by atoms with Gasteiger partial charge in [0, 0.05) is 0 Å². The van der Waals surface area contributed by atoms with Crippen LogP contribution >= 0.6 is 0 Å². The van der Waals surface area contributed by atoms with E-state index < -0.39 is 17.5 Å². The molecule has 1 saturated heterocycles. The number of carbonyl (C=O) groups excluding carboxylic acids is 2. The summed E-state index contributed by atoms with van der Waals surface area (Å²) in [5, 5.41) is 16.2. The Balaban J connectivity index is 1.81. The number of nitrogens with one attached hydrogen (secondary N) is 1. The minimum atomic E-state index is -1.24. The lowest BCUT2D eigenvalue weighted by molar-refractivity contribution is -0.131. The summed E-state index contributed by atoms with van der Waals surface area (Å²) in [7, 11) is 3.01. The van der Waals surface area contributed by atoms with E-state index in [9.17, 15) is 9.59 Å². The first-order valence-corrected chi connectivity index (χ1v) is 8.96. The van der Waals surface area contributed by atoms with Gasteiger partial charge in [-0.2, -0.15) is 10.4 Å². The number of nitriles is 1. The molecule has 1 N–H and O–H groups in total. The molecular formula is C21H20N4O5. The molecule has 0 aliphatic carbocycles. The van der Waals surface area contributed by atoms with Crippen molar-refractivity contribution in [2.75, 3.05) is 20.8 Å². The molecule has 9 nitrogen and oxygen atoms in total. The fourth-order valence-corrected chi connectivity index (χ4v) is 2.97. The molecule has 1 fully saturated rings. The van der Waals surface area contributed by atoms with E-state index in [-0.39, 0.29) is 6.61 Å². The van der Waals surface area contributed by atoms with Crippen molar-refractivity contribution in [3.05, 3.63) is 53.6 Å². The lowest BCUT2D eigenvalue weighted by Gasteiger charge is -2.21. The van der Waals surface area contributed by atoms with Crippen molar-refractivity contribution in [2.45, 2.75) is 12.5 Å². The molecule has 154 valence electrons. The highest BCUT2D eigenvalue weighted by Gasteiger charge is 2.49. The number of benzene rings is 2. The molecule has 1 aliphatic rings. The maximum Gasteiger partial charge on any atom is 0.346 e. The average Bonchev–Trinajstić information content (AvgIpc) is 2.99. The number of ether oxygens (including phenoxy) is 3. The van der Waals surface area contributed by atoms with E-state index >= 15 is 0 Å². The van der Waals surface area contributed by atoms with Crippen LogP contribution in [0.1, 0.15) is 18.1 Å². The Hall–Kier alpha value is -4.06. The zero-order valence-electron chi connectivity index (χ0n) is 16.7. The molecule has 1 heterocycles. The van der Waals surface area contributed by atoms with Crippen molar-refractivity contribution in [3.63, 3.8) is 0 Å². The molecule has 0 radical (unpaired) electrons. The molecule has 2 aromatic rings. The summed E-state index contributed by atoms with van der Waals surface area (Å²) >= 11 is 0. The number of hydrogen-bond donors (Lipinski definition) is 1. The Kier molecular flexibility index (Phi) is 5.88. The molecule has 2 aromatic carbocycles. The standard InChI is InChI=1S/C21H20N4O5/c1-21(15-5-7-16(28-2)8-6-15)19(26)25(20(27)24-21)23-13-14-4-9-17(30-11-10-22)18(12-14)29-3/h4-9,12-13H,11H2,1-3H3,(H,24,27)/b23-13-/t21-/m1/s1. The van der Waals surface area contributed by atoms with Crippen molar-refractivity contribution in [3.8, 4) is 23.3 Å². The largest absolute Gasteiger partial charge is 0.497 e. The number of rotatable bonds is 7. The molecular weight excluding hydrogens is 388 g/mol. The lowest BCUT2D eigenvalue weighted by atomic mass is 9.92. The van der Waals surface area contributed by atoms with Gasteiger partial charge in [-0.05, 0) is 48.4 Å². The predicted octanol–water partition coefficient (Wildman–Crippen LogP) is 2.41. The summed E-state index contributed by atoms with van der Waals surface area (Å²) < 4.78 is 15.6. The summed E-state index contributed by atoms with van der Waals surface area (Å²) in [6, 6.07) is 13.0. The summed E-state index contributed by atoms with van der Waals surface area (Å²) in [5.74, 6) is 0.938. The van der Waals surface area contributed by atoms with E-state index in [2.05, 4.69) is 10.4 Å². The molecule has 1 aliphatic heterocycles. The fraction of sp³-hybridized carbons (Fsp3) is 0.238. The highest BCUT2D eigenvalue weighted by atomic mass is 16.5. The first-order chi connectivity index (χ1) is 14.4. The maximum atomic E-state index is 12.9. The first-order valence-electron chi connectivity index (χ1n) is 8.96. The normalized spacial score (nSPS) is 18.3. The van der Waals surface area contributed by atoms with Crippen LogP contribution in [0.2, 0.25) is 0 Å². The number of carbonyl (C=O) groups is 2. The van der Waals surface area contributed by atoms with Crippen LogP contribution in [0.3, 0.4) is 0 Å². The third-order valence-electron chi connectivity index (χ3n) is 4.64. The van der Waals surface area contributed by atoms with Gasteiger partial charge < -0.3 is 19.5 Å². The number of amides is 3. The summed E-state index contributed by atoms with van der Waals surface area (Å²) in [6.07, 6.45) is 1.37. The van der Waals surface area contributed by atoms with Gasteiger partial charge in [0.05, 0.1) is 20.4 Å². The molecule has 9 heteroatoms. The monoisotopic (exact) mass is 408 g/mol. The fourth-order valence-electron chi connectivity index (χ4n) is 2.97. The van der Waals surface area contributed by atoms with Gasteiger partial charge in [-0.15, -0.1) is 5.01 Å². The number of imide groups is 1. The van der Waals surface area contributed by atoms with Crippen molar-refractivity contribution in [1.82, 2.24) is 10.3 Å². The highest BCUT2D eigenvalue weighted by molar-refractivity contribution is 6.07. The van der Waals surface area contributed by atoms with E-state index in [1.807, 2.05) is 6.07 Å². The molecule has 0 bridgehead atoms. The summed E-state index contributed by atoms with van der Waals surface area (Å²) in [5.41, 5.74) is -0.0530. The molecule has 0 saturated carbocycles. The Bertz CT molecular complexity index is 1030. The second kappa shape index (κ2) is 8.53. The van der Waals surface area contributed by atoms with E-state index in [1.54, 1.807) is 56.5 Å². The quantitative estimate of drug-likeness (QED) is 0.556. The molecule has 0 unspecified atom stereocenters. The van der Waals surface area contributed by atoms with E-state index in [1.165, 1.54) is 13.3 Å². The minimum Gasteiger partial charge on any atom is -0.497 e. The molecule has 3 rings (SSSR count). The molecule has 30 heavy (non-hydrogen) atoms. The summed E-state index contributed by atoms with van der Waals surface area (Å²) in [6.45, 7) is 1.51. The van der Waals surface area contributed by atoms with Gasteiger partial charge in [0.1, 0.15) is 17.4 Å². The van der Waals surface area contributed by atoms with Crippen LogP contribution in [-0.4, -0.2) is 44.0 Å². The lowest BCUT2D eigenvalue weighted by Crippen LogP contribution is -2.40. The van der Waals surface area contributed by atoms with Gasteiger partial charge in [0.25, 0.3) is 5.91 Å². The highest BCUT2D eigenvalue weighted by Crippen LogP contribution is 2.31. The zero-order valence-corrected chi connectivity index (χ0v) is 16.7. The van der Waals surface area contributed by atoms with E-state index in [0.717, 1.165) is 5.01 Å². The molecule has 0 spiro atoms. The Labute approximate surface area is 173 Å². The minimum absolute atomic E-state index is 0.115. The van der Waals surface area contributed by atoms with Crippen LogP contribution in [0.4, 0.5) is 4.79 Å². The first kappa shape index (κ1) is 20.7. The van der Waals surface area contributed by atoms with Crippen molar-refractivity contribution in [2.24, 2.45) is 5.10 Å². The summed E-state index contributed by atoms with van der Waals surface area (Å²) in [4.78, 5) is 25.3. The number of nitrogens with zero attached hydrogens (tertiary/aromatic N) is 3. The van der Waals surface area contributed by atoms with E-state index in [4.69, 9.17) is 19.5 Å². The third kappa shape index (κ3) is 3.89. The van der Waals surface area contributed by atoms with Gasteiger partial charge in [-0.1, -0.05) is 12.1 Å². The van der Waals surface area contributed by atoms with Crippen LogP contribution in [0.15, 0.2) is 47.6 Å². The second-order valence-corrected chi connectivity index (χ2v) is 6.50. The average molecular weight is 408 g/mol. The van der Waals surface area contributed by atoms with Crippen LogP contribution in [-0.2, 0) is 10.3 Å². The van der Waals surface area contributed by atoms with Gasteiger partial charge in [-0.25, -0.2) is 4.79 Å². The molecule has 1 atom stereocenters. The van der Waals surface area contributed by atoms with Gasteiger partial charge in [0.2, 0.25) is 0 Å². The van der Waals surface area contributed by atoms with Crippen LogP contribution in [0, 0.1) is 11.3 Å². The zero-order chi connectivity index (χ0) is 21.7. The smallest absolute Gasteiger partial charge is 0.346 e. The van der Waals surface area contributed by atoms with Crippen molar-refractivity contribution < 1.29 is 23.8 Å². The Morgan fingerprint density at radius 3 is 2.50 bits per heavy atom. The van der Waals surface area contributed by atoms with Crippen molar-refractivity contribution in [1.29, 1.82) is 5.26 Å². The third-order valence-corrected chi connectivity index (χ3v) is 4.64. The Morgan fingerprint density at radius 1 is 1.13 bits per heavy atom. The van der Waals surface area contributed by atoms with Crippen molar-refractivity contribution >= 4 is 18.2 Å². The van der Waals surface area contributed by atoms with Gasteiger partial charge >= 0.3 is 6.03 Å². The topological polar surface area (TPSA) is 113 Å². The SMILES string of the molecule is COc1ccc([C@@]2(C)NC(=O)N(/N=C\c3ccc(OCC#N)c(OC)c3)C2=O)cc1. The molecule has 3 amide bonds. The number of hydrazone groups is 1. The van der Waals surface area contributed by atoms with Crippen LogP contribution < -0.4 is 19.5 Å². The predicted molar refractivity (Wildman–Crippen MR) is 107 cm³/mol. The number of urea groups is 1. The van der Waals surface area contributed by atoms with Gasteiger partial charge in [0.15, 0.2) is 18.1 Å². The second-order valence-electron chi connectivity index (χ2n) is 6.50. The number of methoxy groups -OCH3 is 2. The maximum absolute atomic E-state index is 12.9. The number of hydrogen-bond acceptors (Lipinski definition) is 7. The van der Waals surface area contributed by atoms with Gasteiger partial charge in [-0.3, -0.25) is 4.79 Å². The van der Waals surface area contributed by atoms with Crippen LogP contribution in [0.25, 0.3) is 0 Å². The van der Waals surface area contributed by atoms with E-state index in [0.29, 0.717) is 28.4 Å². The molecule has 0 aromatic heterocycles. The van der Waals surface area contributed by atoms with Crippen LogP contribution in [0.5, 0.6) is 17.2 Å².